The number of hydrogen-bond acceptors (Lipinski definition) is 6. The molecule has 0 aliphatic carbocycles. The number of nitrogens with one attached hydrogen (secondary N) is 2. The van der Waals surface area contributed by atoms with Gasteiger partial charge in [0.25, 0.3) is 5.91 Å². The van der Waals surface area contributed by atoms with Crippen molar-refractivity contribution < 1.29 is 9.53 Å². The molecule has 0 spiro atoms. The number of aromatic amines is 1. The third-order valence-electron chi connectivity index (χ3n) is 4.84. The molecule has 0 unspecified atom stereocenters. The van der Waals surface area contributed by atoms with E-state index in [9.17, 15) is 4.79 Å². The molecule has 3 aromatic rings. The van der Waals surface area contributed by atoms with Gasteiger partial charge >= 0.3 is 0 Å². The average Bonchev–Trinajstić information content (AvgIpc) is 3.25. The van der Waals surface area contributed by atoms with Crippen LogP contribution in [0.15, 0.2) is 48.9 Å². The van der Waals surface area contributed by atoms with Crippen LogP contribution in [0.1, 0.15) is 23.3 Å². The number of methoxy groups -OCH3 is 1. The number of nitrogens with zero attached hydrogens (tertiary/aromatic N) is 4. The summed E-state index contributed by atoms with van der Waals surface area (Å²) in [6, 6.07) is 9.93. The van der Waals surface area contributed by atoms with Crippen molar-refractivity contribution >= 4 is 11.7 Å². The predicted octanol–water partition coefficient (Wildman–Crippen LogP) is 2.27. The van der Waals surface area contributed by atoms with Crippen LogP contribution in [0.2, 0.25) is 0 Å². The van der Waals surface area contributed by atoms with Crippen molar-refractivity contribution in [2.45, 2.75) is 18.9 Å². The molecule has 1 saturated heterocycles. The van der Waals surface area contributed by atoms with Gasteiger partial charge in [0, 0.05) is 37.6 Å². The first kappa shape index (κ1) is 18.0. The van der Waals surface area contributed by atoms with E-state index < -0.39 is 0 Å². The summed E-state index contributed by atoms with van der Waals surface area (Å²) in [7, 11) is 1.65. The molecule has 144 valence electrons. The normalized spacial score (nSPS) is 16.6. The second-order valence-electron chi connectivity index (χ2n) is 6.72. The summed E-state index contributed by atoms with van der Waals surface area (Å²) >= 11 is 0. The lowest BCUT2D eigenvalue weighted by Crippen LogP contribution is -2.48. The largest absolute Gasteiger partial charge is 0.497 e. The van der Waals surface area contributed by atoms with Crippen molar-refractivity contribution in [2.24, 2.45) is 0 Å². The van der Waals surface area contributed by atoms with Crippen LogP contribution in [0, 0.1) is 0 Å². The number of H-pyrrole nitrogens is 1. The minimum Gasteiger partial charge on any atom is -0.497 e. The minimum absolute atomic E-state index is 0.0457. The molecule has 2 N–H and O–H groups in total. The Hall–Kier alpha value is -3.42. The summed E-state index contributed by atoms with van der Waals surface area (Å²) in [5.74, 6) is 1.51. The summed E-state index contributed by atoms with van der Waals surface area (Å²) in [4.78, 5) is 22.5. The van der Waals surface area contributed by atoms with Gasteiger partial charge in [0.15, 0.2) is 5.82 Å². The Morgan fingerprint density at radius 1 is 1.29 bits per heavy atom. The van der Waals surface area contributed by atoms with Crippen molar-refractivity contribution in [1.82, 2.24) is 25.5 Å². The first-order valence-electron chi connectivity index (χ1n) is 9.24. The highest BCUT2D eigenvalue weighted by molar-refractivity contribution is 5.92. The van der Waals surface area contributed by atoms with Gasteiger partial charge in [-0.05, 0) is 42.7 Å². The van der Waals surface area contributed by atoms with E-state index in [-0.39, 0.29) is 11.9 Å². The number of amides is 1. The molecular weight excluding hydrogens is 356 g/mol. The maximum atomic E-state index is 12.3. The number of carbonyl (C=O) groups excluding carboxylic acids is 1. The lowest BCUT2D eigenvalue weighted by molar-refractivity contribution is 0.0927. The molecule has 1 fully saturated rings. The van der Waals surface area contributed by atoms with Gasteiger partial charge < -0.3 is 15.0 Å². The van der Waals surface area contributed by atoms with Crippen molar-refractivity contribution in [1.29, 1.82) is 0 Å². The summed E-state index contributed by atoms with van der Waals surface area (Å²) in [5, 5.41) is 10.6. The van der Waals surface area contributed by atoms with Crippen molar-refractivity contribution in [3.8, 4) is 17.0 Å². The Morgan fingerprint density at radius 2 is 2.14 bits per heavy atom. The first-order chi connectivity index (χ1) is 13.7. The average molecular weight is 378 g/mol. The molecule has 1 aromatic carbocycles. The van der Waals surface area contributed by atoms with Crippen LogP contribution in [-0.2, 0) is 0 Å². The molecular formula is C20H22N6O2. The Labute approximate surface area is 163 Å². The molecule has 1 aliphatic heterocycles. The Bertz CT molecular complexity index is 925. The van der Waals surface area contributed by atoms with Crippen LogP contribution in [0.3, 0.4) is 0 Å². The molecule has 0 saturated carbocycles. The highest BCUT2D eigenvalue weighted by Crippen LogP contribution is 2.25. The van der Waals surface area contributed by atoms with E-state index in [0.717, 1.165) is 42.2 Å². The molecule has 1 aliphatic rings. The van der Waals surface area contributed by atoms with Crippen LogP contribution in [0.4, 0.5) is 5.82 Å². The second kappa shape index (κ2) is 8.08. The summed E-state index contributed by atoms with van der Waals surface area (Å²) in [6.07, 6.45) is 6.46. The molecule has 3 heterocycles. The summed E-state index contributed by atoms with van der Waals surface area (Å²) in [5.41, 5.74) is 2.33. The molecule has 0 radical (unpaired) electrons. The van der Waals surface area contributed by atoms with Gasteiger partial charge in [-0.3, -0.25) is 14.9 Å². The number of piperidine rings is 1. The summed E-state index contributed by atoms with van der Waals surface area (Å²) < 4.78 is 5.20. The molecule has 8 nitrogen and oxygen atoms in total. The maximum Gasteiger partial charge on any atom is 0.271 e. The lowest BCUT2D eigenvalue weighted by atomic mass is 10.1. The van der Waals surface area contributed by atoms with E-state index in [4.69, 9.17) is 4.74 Å². The molecule has 4 rings (SSSR count). The smallest absolute Gasteiger partial charge is 0.271 e. The molecule has 0 bridgehead atoms. The quantitative estimate of drug-likeness (QED) is 0.707. The zero-order chi connectivity index (χ0) is 19.3. The van der Waals surface area contributed by atoms with E-state index in [1.54, 1.807) is 13.3 Å². The number of anilines is 1. The molecule has 28 heavy (non-hydrogen) atoms. The number of carbonyl (C=O) groups is 1. The SMILES string of the molecule is COc1ccc(-c2cc(N3CCC[C@H](NC(=O)c4cnccn4)C3)n[nH]2)cc1. The molecule has 1 atom stereocenters. The maximum absolute atomic E-state index is 12.3. The van der Waals surface area contributed by atoms with Gasteiger partial charge in [0.1, 0.15) is 11.4 Å². The van der Waals surface area contributed by atoms with Crippen molar-refractivity contribution in [3.05, 3.63) is 54.6 Å². The minimum atomic E-state index is -0.194. The van der Waals surface area contributed by atoms with E-state index in [2.05, 4.69) is 30.4 Å². The van der Waals surface area contributed by atoms with Gasteiger partial charge in [-0.1, -0.05) is 0 Å². The van der Waals surface area contributed by atoms with Crippen LogP contribution >= 0.6 is 0 Å². The highest BCUT2D eigenvalue weighted by Gasteiger charge is 2.24. The van der Waals surface area contributed by atoms with E-state index >= 15 is 0 Å². The van der Waals surface area contributed by atoms with Gasteiger partial charge in [0.05, 0.1) is 19.0 Å². The zero-order valence-electron chi connectivity index (χ0n) is 15.6. The van der Waals surface area contributed by atoms with E-state index in [1.165, 1.54) is 12.4 Å². The third-order valence-corrected chi connectivity index (χ3v) is 4.84. The molecule has 8 heteroatoms. The van der Waals surface area contributed by atoms with Crippen LogP contribution in [0.25, 0.3) is 11.3 Å². The molecule has 1 amide bonds. The van der Waals surface area contributed by atoms with Crippen LogP contribution < -0.4 is 15.0 Å². The topological polar surface area (TPSA) is 96.0 Å². The van der Waals surface area contributed by atoms with Gasteiger partial charge in [-0.15, -0.1) is 0 Å². The number of rotatable bonds is 5. The Balaban J connectivity index is 1.42. The summed E-state index contributed by atoms with van der Waals surface area (Å²) in [6.45, 7) is 1.61. The van der Waals surface area contributed by atoms with Crippen molar-refractivity contribution in [2.75, 3.05) is 25.1 Å². The van der Waals surface area contributed by atoms with Gasteiger partial charge in [0.2, 0.25) is 0 Å². The Kier molecular flexibility index (Phi) is 5.18. The second-order valence-corrected chi connectivity index (χ2v) is 6.72. The van der Waals surface area contributed by atoms with Gasteiger partial charge in [-0.2, -0.15) is 5.10 Å². The zero-order valence-corrected chi connectivity index (χ0v) is 15.6. The first-order valence-corrected chi connectivity index (χ1v) is 9.24. The lowest BCUT2D eigenvalue weighted by Gasteiger charge is -2.33. The third kappa shape index (κ3) is 3.95. The molecule has 2 aromatic heterocycles. The van der Waals surface area contributed by atoms with Crippen LogP contribution in [-0.4, -0.2) is 52.3 Å². The van der Waals surface area contributed by atoms with E-state index in [0.29, 0.717) is 12.2 Å². The van der Waals surface area contributed by atoms with Crippen LogP contribution in [0.5, 0.6) is 5.75 Å². The number of benzene rings is 1. The van der Waals surface area contributed by atoms with Crippen molar-refractivity contribution in [3.63, 3.8) is 0 Å². The Morgan fingerprint density at radius 3 is 2.89 bits per heavy atom. The monoisotopic (exact) mass is 378 g/mol. The fourth-order valence-corrected chi connectivity index (χ4v) is 3.37. The number of aromatic nitrogens is 4. The predicted molar refractivity (Wildman–Crippen MR) is 105 cm³/mol. The standard InChI is InChI=1S/C20H22N6O2/c1-28-16-6-4-14(5-7-16)17-11-19(25-24-17)26-10-2-3-15(13-26)23-20(27)18-12-21-8-9-22-18/h4-9,11-12,15H,2-3,10,13H2,1H3,(H,23,27)(H,24,25)/t15-/m0/s1. The fourth-order valence-electron chi connectivity index (χ4n) is 3.37. The fraction of sp³-hybridized carbons (Fsp3) is 0.300. The van der Waals surface area contributed by atoms with Gasteiger partial charge in [-0.25, -0.2) is 4.98 Å². The number of hydrogen-bond donors (Lipinski definition) is 2. The highest BCUT2D eigenvalue weighted by atomic mass is 16.5. The number of ether oxygens (including phenoxy) is 1. The van der Waals surface area contributed by atoms with E-state index in [1.807, 2.05) is 30.3 Å².